The van der Waals surface area contributed by atoms with Crippen LogP contribution in [0.25, 0.3) is 0 Å². The minimum Gasteiger partial charge on any atom is -0.304 e. The lowest BCUT2D eigenvalue weighted by Gasteiger charge is -2.28. The summed E-state index contributed by atoms with van der Waals surface area (Å²) in [5.74, 6) is 0. The standard InChI is InChI=1S/C11H18N3/c1-13-7-5-6-11(10-13)12-14-8-3-2-4-9-14/h2-4,8-9,11-12H,5-7,10H2,1H3/q+1. The monoisotopic (exact) mass is 192 g/mol. The Bertz CT molecular complexity index is 273. The molecule has 76 valence electrons. The molecule has 2 heterocycles. The molecule has 3 heteroatoms. The van der Waals surface area contributed by atoms with Crippen LogP contribution in [0, 0.1) is 0 Å². The number of likely N-dealkylation sites (N-methyl/N-ethyl adjacent to an activating group) is 1. The van der Waals surface area contributed by atoms with Gasteiger partial charge in [-0.15, -0.1) is 0 Å². The number of piperidine rings is 1. The Hall–Kier alpha value is -1.09. The molecule has 3 nitrogen and oxygen atoms in total. The maximum atomic E-state index is 3.49. The maximum Gasteiger partial charge on any atom is 0.199 e. The number of hydrogen-bond acceptors (Lipinski definition) is 2. The van der Waals surface area contributed by atoms with Crippen molar-refractivity contribution in [3.8, 4) is 0 Å². The largest absolute Gasteiger partial charge is 0.304 e. The summed E-state index contributed by atoms with van der Waals surface area (Å²) in [5, 5.41) is 0. The molecule has 1 atom stereocenters. The van der Waals surface area contributed by atoms with E-state index >= 15 is 0 Å². The molecule has 0 bridgehead atoms. The average Bonchev–Trinajstić information content (AvgIpc) is 2.19. The Morgan fingerprint density at radius 2 is 2.07 bits per heavy atom. The van der Waals surface area contributed by atoms with Crippen LogP contribution in [0.15, 0.2) is 30.6 Å². The fourth-order valence-corrected chi connectivity index (χ4v) is 1.97. The second-order valence-corrected chi connectivity index (χ2v) is 4.01. The van der Waals surface area contributed by atoms with Crippen LogP contribution in [0.4, 0.5) is 0 Å². The second kappa shape index (κ2) is 4.42. The Kier molecular flexibility index (Phi) is 2.99. The fourth-order valence-electron chi connectivity index (χ4n) is 1.97. The van der Waals surface area contributed by atoms with E-state index in [-0.39, 0.29) is 0 Å². The van der Waals surface area contributed by atoms with Crippen LogP contribution in [0.3, 0.4) is 0 Å². The lowest BCUT2D eigenvalue weighted by atomic mass is 10.1. The van der Waals surface area contributed by atoms with E-state index in [2.05, 4.69) is 29.8 Å². The third-order valence-electron chi connectivity index (χ3n) is 2.67. The summed E-state index contributed by atoms with van der Waals surface area (Å²) in [6.45, 7) is 2.37. The van der Waals surface area contributed by atoms with Crippen molar-refractivity contribution in [3.05, 3.63) is 30.6 Å². The van der Waals surface area contributed by atoms with E-state index in [0.29, 0.717) is 6.04 Å². The average molecular weight is 192 g/mol. The maximum absolute atomic E-state index is 3.49. The third-order valence-corrected chi connectivity index (χ3v) is 2.67. The molecule has 1 aromatic rings. The van der Waals surface area contributed by atoms with E-state index in [0.717, 1.165) is 6.54 Å². The Morgan fingerprint density at radius 3 is 2.79 bits per heavy atom. The number of likely N-dealkylation sites (tertiary alicyclic amines) is 1. The summed E-state index contributed by atoms with van der Waals surface area (Å²) < 4.78 is 2.05. The predicted molar refractivity (Wildman–Crippen MR) is 56.5 cm³/mol. The summed E-state index contributed by atoms with van der Waals surface area (Å²) in [6.07, 6.45) is 6.66. The molecule has 1 aromatic heterocycles. The topological polar surface area (TPSA) is 19.1 Å². The van der Waals surface area contributed by atoms with Gasteiger partial charge in [0.2, 0.25) is 0 Å². The van der Waals surface area contributed by atoms with Crippen molar-refractivity contribution >= 4 is 0 Å². The highest BCUT2D eigenvalue weighted by Gasteiger charge is 2.19. The summed E-state index contributed by atoms with van der Waals surface area (Å²) in [4.78, 5) is 2.38. The van der Waals surface area contributed by atoms with Gasteiger partial charge in [-0.05, 0) is 26.4 Å². The van der Waals surface area contributed by atoms with Crippen LogP contribution in [0.2, 0.25) is 0 Å². The highest BCUT2D eigenvalue weighted by molar-refractivity contribution is 4.86. The fraction of sp³-hybridized carbons (Fsp3) is 0.545. The van der Waals surface area contributed by atoms with Gasteiger partial charge in [-0.25, -0.2) is 0 Å². The van der Waals surface area contributed by atoms with Crippen molar-refractivity contribution < 1.29 is 4.68 Å². The first-order valence-corrected chi connectivity index (χ1v) is 5.26. The van der Waals surface area contributed by atoms with Gasteiger partial charge in [-0.1, -0.05) is 10.7 Å². The number of hydrogen-bond donors (Lipinski definition) is 1. The molecular weight excluding hydrogens is 174 g/mol. The lowest BCUT2D eigenvalue weighted by Crippen LogP contribution is -2.54. The summed E-state index contributed by atoms with van der Waals surface area (Å²) >= 11 is 0. The Morgan fingerprint density at radius 1 is 1.29 bits per heavy atom. The van der Waals surface area contributed by atoms with Crippen LogP contribution in [-0.4, -0.2) is 31.1 Å². The first-order chi connectivity index (χ1) is 6.84. The molecular formula is C11H18N3+. The molecule has 0 radical (unpaired) electrons. The van der Waals surface area contributed by atoms with Crippen molar-refractivity contribution in [2.24, 2.45) is 0 Å². The van der Waals surface area contributed by atoms with Gasteiger partial charge >= 0.3 is 0 Å². The zero-order valence-electron chi connectivity index (χ0n) is 8.69. The number of aromatic nitrogens is 1. The van der Waals surface area contributed by atoms with Gasteiger partial charge < -0.3 is 4.90 Å². The molecule has 1 unspecified atom stereocenters. The molecule has 1 fully saturated rings. The molecule has 1 aliphatic rings. The van der Waals surface area contributed by atoms with Crippen molar-refractivity contribution in [2.75, 3.05) is 25.6 Å². The number of rotatable bonds is 2. The van der Waals surface area contributed by atoms with Gasteiger partial charge in [-0.2, -0.15) is 5.43 Å². The number of pyridine rings is 1. The van der Waals surface area contributed by atoms with Crippen molar-refractivity contribution in [3.63, 3.8) is 0 Å². The number of nitrogens with one attached hydrogen (secondary N) is 1. The Balaban J connectivity index is 1.91. The first kappa shape index (κ1) is 9.46. The van der Waals surface area contributed by atoms with Gasteiger partial charge in [0.25, 0.3) is 0 Å². The van der Waals surface area contributed by atoms with Crippen LogP contribution in [0.1, 0.15) is 12.8 Å². The van der Waals surface area contributed by atoms with Crippen LogP contribution >= 0.6 is 0 Å². The molecule has 1 saturated heterocycles. The molecule has 2 rings (SSSR count). The predicted octanol–water partition coefficient (Wildman–Crippen LogP) is 0.612. The summed E-state index contributed by atoms with van der Waals surface area (Å²) in [7, 11) is 2.18. The van der Waals surface area contributed by atoms with E-state index < -0.39 is 0 Å². The lowest BCUT2D eigenvalue weighted by molar-refractivity contribution is -0.653. The summed E-state index contributed by atoms with van der Waals surface area (Å²) in [5.41, 5.74) is 3.49. The molecule has 1 aliphatic heterocycles. The van der Waals surface area contributed by atoms with E-state index in [1.54, 1.807) is 0 Å². The van der Waals surface area contributed by atoms with E-state index in [1.165, 1.54) is 19.4 Å². The van der Waals surface area contributed by atoms with Crippen molar-refractivity contribution in [1.29, 1.82) is 0 Å². The van der Waals surface area contributed by atoms with Gasteiger partial charge in [0, 0.05) is 18.7 Å². The SMILES string of the molecule is CN1CCCC(N[n+]2ccccc2)C1. The highest BCUT2D eigenvalue weighted by atomic mass is 15.4. The third kappa shape index (κ3) is 2.45. The molecule has 0 aromatic carbocycles. The minimum atomic E-state index is 0.584. The molecule has 0 saturated carbocycles. The molecule has 1 N–H and O–H groups in total. The van der Waals surface area contributed by atoms with Gasteiger partial charge in [0.05, 0.1) is 6.04 Å². The zero-order chi connectivity index (χ0) is 9.80. The van der Waals surface area contributed by atoms with Gasteiger partial charge in [0.1, 0.15) is 0 Å². The van der Waals surface area contributed by atoms with E-state index in [4.69, 9.17) is 0 Å². The van der Waals surface area contributed by atoms with Crippen molar-refractivity contribution in [2.45, 2.75) is 18.9 Å². The molecule has 14 heavy (non-hydrogen) atoms. The second-order valence-electron chi connectivity index (χ2n) is 4.01. The molecule has 0 aliphatic carbocycles. The van der Waals surface area contributed by atoms with Gasteiger partial charge in [0.15, 0.2) is 12.4 Å². The van der Waals surface area contributed by atoms with Crippen LogP contribution < -0.4 is 10.1 Å². The first-order valence-electron chi connectivity index (χ1n) is 5.26. The van der Waals surface area contributed by atoms with E-state index in [1.807, 2.05) is 22.9 Å². The highest BCUT2D eigenvalue weighted by Crippen LogP contribution is 2.07. The quantitative estimate of drug-likeness (QED) is 0.692. The summed E-state index contributed by atoms with van der Waals surface area (Å²) in [6, 6.07) is 6.70. The van der Waals surface area contributed by atoms with Crippen molar-refractivity contribution in [1.82, 2.24) is 4.90 Å². The molecule has 0 spiro atoms. The van der Waals surface area contributed by atoms with E-state index in [9.17, 15) is 0 Å². The van der Waals surface area contributed by atoms with Crippen LogP contribution in [0.5, 0.6) is 0 Å². The number of nitrogens with zero attached hydrogens (tertiary/aromatic N) is 2. The zero-order valence-corrected chi connectivity index (χ0v) is 8.69. The minimum absolute atomic E-state index is 0.584. The molecule has 0 amide bonds. The van der Waals surface area contributed by atoms with Crippen LogP contribution in [-0.2, 0) is 0 Å². The smallest absolute Gasteiger partial charge is 0.199 e. The van der Waals surface area contributed by atoms with Gasteiger partial charge in [-0.3, -0.25) is 0 Å². The normalized spacial score (nSPS) is 23.4. The Labute approximate surface area is 85.3 Å².